The molecule has 0 amide bonds. The summed E-state index contributed by atoms with van der Waals surface area (Å²) in [4.78, 5) is 2.55. The predicted octanol–water partition coefficient (Wildman–Crippen LogP) is 5.13. The number of rotatable bonds is 6. The van der Waals surface area contributed by atoms with Crippen molar-refractivity contribution >= 4 is 0 Å². The van der Waals surface area contributed by atoms with E-state index in [1.807, 2.05) is 6.07 Å². The van der Waals surface area contributed by atoms with Crippen molar-refractivity contribution in [1.82, 2.24) is 9.47 Å². The van der Waals surface area contributed by atoms with Crippen molar-refractivity contribution in [1.29, 1.82) is 0 Å². The summed E-state index contributed by atoms with van der Waals surface area (Å²) in [6.45, 7) is 7.14. The number of benzene rings is 2. The molecule has 0 bridgehead atoms. The highest BCUT2D eigenvalue weighted by molar-refractivity contribution is 5.56. The Morgan fingerprint density at radius 2 is 1.68 bits per heavy atom. The standard InChI is InChI=1S/C26H32N2O3/c1-18-9-10-20(16-19(18)2)24-22-8-6-13-27(22)14-7-15-28(24)17-21-11-12-23(29-3)26(31-5)25(21)30-4/h6,8-13,16,24H,7,14-15,17H2,1-5H3. The quantitative estimate of drug-likeness (QED) is 0.554. The van der Waals surface area contributed by atoms with Crippen molar-refractivity contribution in [2.24, 2.45) is 0 Å². The average Bonchev–Trinajstić information content (AvgIpc) is 3.16. The molecule has 164 valence electrons. The van der Waals surface area contributed by atoms with Crippen LogP contribution in [0.3, 0.4) is 0 Å². The van der Waals surface area contributed by atoms with Crippen molar-refractivity contribution in [3.8, 4) is 17.2 Å². The number of hydrogen-bond donors (Lipinski definition) is 0. The largest absolute Gasteiger partial charge is 0.493 e. The number of methoxy groups -OCH3 is 3. The van der Waals surface area contributed by atoms with Crippen molar-refractivity contribution in [2.75, 3.05) is 27.9 Å². The van der Waals surface area contributed by atoms with Gasteiger partial charge in [0.15, 0.2) is 11.5 Å². The average molecular weight is 421 g/mol. The molecule has 4 rings (SSSR count). The van der Waals surface area contributed by atoms with Crippen LogP contribution >= 0.6 is 0 Å². The van der Waals surface area contributed by atoms with Gasteiger partial charge in [0.1, 0.15) is 0 Å². The van der Waals surface area contributed by atoms with E-state index in [0.29, 0.717) is 11.5 Å². The number of ether oxygens (including phenoxy) is 3. The van der Waals surface area contributed by atoms with Gasteiger partial charge in [0, 0.05) is 37.1 Å². The van der Waals surface area contributed by atoms with E-state index >= 15 is 0 Å². The van der Waals surface area contributed by atoms with Crippen LogP contribution in [-0.4, -0.2) is 37.3 Å². The molecule has 5 heteroatoms. The lowest BCUT2D eigenvalue weighted by atomic mass is 9.97. The van der Waals surface area contributed by atoms with Crippen LogP contribution in [0.1, 0.15) is 40.4 Å². The van der Waals surface area contributed by atoms with E-state index in [1.165, 1.54) is 22.4 Å². The van der Waals surface area contributed by atoms with E-state index in [-0.39, 0.29) is 6.04 Å². The molecular formula is C26H32N2O3. The molecule has 0 saturated heterocycles. The van der Waals surface area contributed by atoms with Gasteiger partial charge in [-0.15, -0.1) is 0 Å². The summed E-state index contributed by atoms with van der Waals surface area (Å²) >= 11 is 0. The lowest BCUT2D eigenvalue weighted by Crippen LogP contribution is -2.29. The topological polar surface area (TPSA) is 35.9 Å². The maximum absolute atomic E-state index is 5.78. The summed E-state index contributed by atoms with van der Waals surface area (Å²) in [6.07, 6.45) is 3.29. The van der Waals surface area contributed by atoms with Crippen LogP contribution in [0.15, 0.2) is 48.7 Å². The van der Waals surface area contributed by atoms with Gasteiger partial charge in [-0.1, -0.05) is 24.3 Å². The monoisotopic (exact) mass is 420 g/mol. The number of aromatic nitrogens is 1. The number of fused-ring (bicyclic) bond motifs is 1. The first-order valence-corrected chi connectivity index (χ1v) is 10.8. The van der Waals surface area contributed by atoms with E-state index in [9.17, 15) is 0 Å². The van der Waals surface area contributed by atoms with Crippen molar-refractivity contribution < 1.29 is 14.2 Å². The summed E-state index contributed by atoms with van der Waals surface area (Å²) in [5.74, 6) is 2.06. The van der Waals surface area contributed by atoms with Gasteiger partial charge in [-0.3, -0.25) is 4.90 Å². The molecule has 5 nitrogen and oxygen atoms in total. The summed E-state index contributed by atoms with van der Waals surface area (Å²) in [5.41, 5.74) is 6.39. The fraction of sp³-hybridized carbons (Fsp3) is 0.385. The highest BCUT2D eigenvalue weighted by Gasteiger charge is 2.29. The maximum Gasteiger partial charge on any atom is 0.203 e. The summed E-state index contributed by atoms with van der Waals surface area (Å²) < 4.78 is 19.3. The van der Waals surface area contributed by atoms with Gasteiger partial charge in [-0.2, -0.15) is 0 Å². The highest BCUT2D eigenvalue weighted by atomic mass is 16.5. The van der Waals surface area contributed by atoms with Gasteiger partial charge in [-0.05, 0) is 55.2 Å². The minimum atomic E-state index is 0.176. The van der Waals surface area contributed by atoms with Crippen LogP contribution in [0.25, 0.3) is 0 Å². The van der Waals surface area contributed by atoms with Gasteiger partial charge >= 0.3 is 0 Å². The second-order valence-electron chi connectivity index (χ2n) is 8.19. The Bertz CT molecular complexity index is 1060. The summed E-state index contributed by atoms with van der Waals surface area (Å²) in [6, 6.07) is 15.5. The van der Waals surface area contributed by atoms with E-state index in [2.05, 4.69) is 65.9 Å². The van der Waals surface area contributed by atoms with Gasteiger partial charge in [0.05, 0.1) is 27.4 Å². The Morgan fingerprint density at radius 1 is 0.871 bits per heavy atom. The lowest BCUT2D eigenvalue weighted by molar-refractivity contribution is 0.216. The molecule has 0 fully saturated rings. The Kier molecular flexibility index (Phi) is 6.23. The number of hydrogen-bond acceptors (Lipinski definition) is 4. The first kappa shape index (κ1) is 21.3. The van der Waals surface area contributed by atoms with Gasteiger partial charge in [-0.25, -0.2) is 0 Å². The van der Waals surface area contributed by atoms with E-state index in [4.69, 9.17) is 14.2 Å². The third-order valence-electron chi connectivity index (χ3n) is 6.36. The molecule has 31 heavy (non-hydrogen) atoms. The van der Waals surface area contributed by atoms with E-state index in [0.717, 1.165) is 37.4 Å². The third-order valence-corrected chi connectivity index (χ3v) is 6.36. The Labute approximate surface area is 185 Å². The molecule has 3 aromatic rings. The van der Waals surface area contributed by atoms with Gasteiger partial charge in [0.2, 0.25) is 5.75 Å². The molecule has 1 aliphatic heterocycles. The smallest absolute Gasteiger partial charge is 0.203 e. The molecule has 1 unspecified atom stereocenters. The zero-order valence-corrected chi connectivity index (χ0v) is 19.1. The molecule has 2 aromatic carbocycles. The molecule has 0 spiro atoms. The molecule has 0 aliphatic carbocycles. The molecule has 1 aliphatic rings. The molecular weight excluding hydrogens is 388 g/mol. The predicted molar refractivity (Wildman–Crippen MR) is 123 cm³/mol. The van der Waals surface area contributed by atoms with Crippen molar-refractivity contribution in [3.05, 3.63) is 76.6 Å². The van der Waals surface area contributed by atoms with Crippen LogP contribution in [0.4, 0.5) is 0 Å². The minimum absolute atomic E-state index is 0.176. The van der Waals surface area contributed by atoms with Crippen LogP contribution in [0.5, 0.6) is 17.2 Å². The second-order valence-corrected chi connectivity index (χ2v) is 8.19. The second kappa shape index (κ2) is 9.06. The molecule has 0 saturated carbocycles. The van der Waals surface area contributed by atoms with E-state index < -0.39 is 0 Å². The molecule has 1 aromatic heterocycles. The zero-order chi connectivity index (χ0) is 22.0. The maximum atomic E-state index is 5.78. The van der Waals surface area contributed by atoms with E-state index in [1.54, 1.807) is 21.3 Å². The minimum Gasteiger partial charge on any atom is -0.493 e. The van der Waals surface area contributed by atoms with Gasteiger partial charge in [0.25, 0.3) is 0 Å². The first-order chi connectivity index (χ1) is 15.1. The van der Waals surface area contributed by atoms with Crippen molar-refractivity contribution in [2.45, 2.75) is 39.4 Å². The van der Waals surface area contributed by atoms with Crippen LogP contribution < -0.4 is 14.2 Å². The third kappa shape index (κ3) is 4.02. The zero-order valence-electron chi connectivity index (χ0n) is 19.1. The van der Waals surface area contributed by atoms with Gasteiger partial charge < -0.3 is 18.8 Å². The molecule has 1 atom stereocenters. The Hall–Kier alpha value is -2.92. The molecule has 0 N–H and O–H groups in total. The van der Waals surface area contributed by atoms with Crippen molar-refractivity contribution in [3.63, 3.8) is 0 Å². The fourth-order valence-electron chi connectivity index (χ4n) is 4.63. The number of aryl methyl sites for hydroxylation is 3. The fourth-order valence-corrected chi connectivity index (χ4v) is 4.63. The molecule has 0 radical (unpaired) electrons. The molecule has 2 heterocycles. The Morgan fingerprint density at radius 3 is 2.39 bits per heavy atom. The Balaban J connectivity index is 1.78. The first-order valence-electron chi connectivity index (χ1n) is 10.8. The SMILES string of the molecule is COc1ccc(CN2CCCn3cccc3C2c2ccc(C)c(C)c2)c(OC)c1OC. The van der Waals surface area contributed by atoms with Crippen LogP contribution in [0, 0.1) is 13.8 Å². The van der Waals surface area contributed by atoms with Crippen LogP contribution in [0.2, 0.25) is 0 Å². The van der Waals surface area contributed by atoms with Crippen LogP contribution in [-0.2, 0) is 13.1 Å². The normalized spacial score (nSPS) is 16.5. The summed E-state index contributed by atoms with van der Waals surface area (Å²) in [7, 11) is 4.99. The lowest BCUT2D eigenvalue weighted by Gasteiger charge is -2.31. The summed E-state index contributed by atoms with van der Waals surface area (Å²) in [5, 5.41) is 0. The number of nitrogens with zero attached hydrogens (tertiary/aromatic N) is 2. The highest BCUT2D eigenvalue weighted by Crippen LogP contribution is 2.42.